The summed E-state index contributed by atoms with van der Waals surface area (Å²) in [6.07, 6.45) is 0.159. The maximum absolute atomic E-state index is 11.5. The fourth-order valence-electron chi connectivity index (χ4n) is 1.97. The number of carbonyl (C=O) groups is 1. The van der Waals surface area contributed by atoms with E-state index < -0.39 is 11.5 Å². The zero-order valence-corrected chi connectivity index (χ0v) is 10.3. The number of benzene rings is 2. The number of aromatic hydroxyl groups is 1. The molecule has 98 valence electrons. The fraction of sp³-hybridized carbons (Fsp3) is 0.133. The molecule has 2 aromatic rings. The Morgan fingerprint density at radius 1 is 1.05 bits per heavy atom. The third kappa shape index (κ3) is 2.74. The van der Waals surface area contributed by atoms with E-state index in [9.17, 15) is 15.0 Å². The minimum absolute atomic E-state index is 0.140. The highest BCUT2D eigenvalue weighted by Crippen LogP contribution is 2.24. The first-order chi connectivity index (χ1) is 9.02. The molecule has 4 heteroatoms. The highest BCUT2D eigenvalue weighted by Gasteiger charge is 2.36. The molecule has 0 spiro atoms. The lowest BCUT2D eigenvalue weighted by Gasteiger charge is -2.25. The molecular formula is C15H15NO3. The van der Waals surface area contributed by atoms with E-state index in [1.165, 1.54) is 12.1 Å². The number of phenols is 1. The third-order valence-electron chi connectivity index (χ3n) is 3.09. The van der Waals surface area contributed by atoms with Crippen molar-refractivity contribution in [2.45, 2.75) is 12.0 Å². The summed E-state index contributed by atoms with van der Waals surface area (Å²) in [6, 6.07) is 15.1. The second kappa shape index (κ2) is 5.12. The third-order valence-corrected chi connectivity index (χ3v) is 3.09. The average molecular weight is 257 g/mol. The minimum atomic E-state index is -1.47. The Morgan fingerprint density at radius 3 is 2.16 bits per heavy atom. The van der Waals surface area contributed by atoms with Gasteiger partial charge in [0.1, 0.15) is 11.3 Å². The Balaban J connectivity index is 2.36. The Kier molecular flexibility index (Phi) is 3.53. The van der Waals surface area contributed by atoms with Crippen LogP contribution in [0.3, 0.4) is 0 Å². The van der Waals surface area contributed by atoms with Crippen molar-refractivity contribution in [2.75, 3.05) is 0 Å². The summed E-state index contributed by atoms with van der Waals surface area (Å²) in [4.78, 5) is 11.5. The molecule has 4 N–H and O–H groups in total. The first kappa shape index (κ1) is 13.1. The molecule has 0 fully saturated rings. The molecule has 2 aromatic carbocycles. The Labute approximate surface area is 111 Å². The molecule has 0 aliphatic carbocycles. The van der Waals surface area contributed by atoms with Gasteiger partial charge in [0.2, 0.25) is 0 Å². The predicted molar refractivity (Wildman–Crippen MR) is 71.8 cm³/mol. The molecule has 0 radical (unpaired) electrons. The lowest BCUT2D eigenvalue weighted by molar-refractivity contribution is -0.143. The van der Waals surface area contributed by atoms with E-state index in [1.807, 2.05) is 6.07 Å². The highest BCUT2D eigenvalue weighted by molar-refractivity contribution is 5.81. The van der Waals surface area contributed by atoms with Gasteiger partial charge in [-0.2, -0.15) is 0 Å². The van der Waals surface area contributed by atoms with Gasteiger partial charge in [-0.3, -0.25) is 0 Å². The van der Waals surface area contributed by atoms with Gasteiger partial charge in [-0.05, 0) is 23.3 Å². The monoisotopic (exact) mass is 257 g/mol. The summed E-state index contributed by atoms with van der Waals surface area (Å²) in [5, 5.41) is 18.7. The summed E-state index contributed by atoms with van der Waals surface area (Å²) in [5.41, 5.74) is 5.90. The molecule has 4 nitrogen and oxygen atoms in total. The van der Waals surface area contributed by atoms with Crippen molar-refractivity contribution in [1.82, 2.24) is 0 Å². The molecule has 0 heterocycles. The Bertz CT molecular complexity index is 566. The molecule has 0 aliphatic heterocycles. The van der Waals surface area contributed by atoms with E-state index >= 15 is 0 Å². The summed E-state index contributed by atoms with van der Waals surface area (Å²) < 4.78 is 0. The number of carboxylic acids is 1. The van der Waals surface area contributed by atoms with Crippen molar-refractivity contribution in [3.05, 3.63) is 65.7 Å². The summed E-state index contributed by atoms with van der Waals surface area (Å²) in [6.45, 7) is 0. The smallest absolute Gasteiger partial charge is 0.328 e. The van der Waals surface area contributed by atoms with E-state index in [-0.39, 0.29) is 12.2 Å². The Hall–Kier alpha value is -2.33. The van der Waals surface area contributed by atoms with Crippen molar-refractivity contribution in [3.63, 3.8) is 0 Å². The van der Waals surface area contributed by atoms with Crippen molar-refractivity contribution in [2.24, 2.45) is 5.73 Å². The molecule has 0 bridgehead atoms. The van der Waals surface area contributed by atoms with Crippen LogP contribution in [0, 0.1) is 0 Å². The van der Waals surface area contributed by atoms with Gasteiger partial charge >= 0.3 is 5.97 Å². The van der Waals surface area contributed by atoms with Gasteiger partial charge in [0.05, 0.1) is 0 Å². The normalized spacial score (nSPS) is 13.7. The lowest BCUT2D eigenvalue weighted by Crippen LogP contribution is -2.46. The van der Waals surface area contributed by atoms with Crippen LogP contribution in [0.2, 0.25) is 0 Å². The Morgan fingerprint density at radius 2 is 1.63 bits per heavy atom. The van der Waals surface area contributed by atoms with E-state index in [0.717, 1.165) is 5.56 Å². The van der Waals surface area contributed by atoms with E-state index in [1.54, 1.807) is 36.4 Å². The first-order valence-electron chi connectivity index (χ1n) is 5.88. The van der Waals surface area contributed by atoms with Crippen molar-refractivity contribution in [3.8, 4) is 5.75 Å². The second-order valence-electron chi connectivity index (χ2n) is 4.49. The average Bonchev–Trinajstić information content (AvgIpc) is 2.42. The van der Waals surface area contributed by atoms with Gasteiger partial charge in [-0.25, -0.2) is 4.79 Å². The number of carboxylic acid groups (broad SMARTS) is 1. The standard InChI is InChI=1S/C15H15NO3/c16-15(14(18)19,12-4-2-1-3-5-12)10-11-6-8-13(17)9-7-11/h1-9,17H,10,16H2,(H,18,19)/t15-/m1/s1. The molecule has 1 atom stereocenters. The zero-order chi connectivity index (χ0) is 13.9. The molecule has 19 heavy (non-hydrogen) atoms. The molecular weight excluding hydrogens is 242 g/mol. The molecule has 0 saturated heterocycles. The van der Waals surface area contributed by atoms with E-state index in [0.29, 0.717) is 5.56 Å². The molecule has 0 amide bonds. The van der Waals surface area contributed by atoms with Crippen LogP contribution in [0.25, 0.3) is 0 Å². The van der Waals surface area contributed by atoms with Crippen LogP contribution < -0.4 is 5.73 Å². The van der Waals surface area contributed by atoms with Crippen molar-refractivity contribution < 1.29 is 15.0 Å². The van der Waals surface area contributed by atoms with Gasteiger partial charge in [-0.1, -0.05) is 42.5 Å². The van der Waals surface area contributed by atoms with Crippen LogP contribution in [-0.2, 0) is 16.8 Å². The largest absolute Gasteiger partial charge is 0.508 e. The van der Waals surface area contributed by atoms with Crippen LogP contribution in [0.4, 0.5) is 0 Å². The molecule has 0 aliphatic rings. The number of hydrogen-bond donors (Lipinski definition) is 3. The zero-order valence-electron chi connectivity index (χ0n) is 10.3. The molecule has 0 aromatic heterocycles. The number of aliphatic carboxylic acids is 1. The van der Waals surface area contributed by atoms with Gasteiger partial charge in [0, 0.05) is 6.42 Å². The van der Waals surface area contributed by atoms with Crippen molar-refractivity contribution in [1.29, 1.82) is 0 Å². The molecule has 0 unspecified atom stereocenters. The maximum atomic E-state index is 11.5. The molecule has 0 saturated carbocycles. The van der Waals surface area contributed by atoms with Crippen LogP contribution in [0.15, 0.2) is 54.6 Å². The molecule has 2 rings (SSSR count). The van der Waals surface area contributed by atoms with Crippen LogP contribution in [0.1, 0.15) is 11.1 Å². The van der Waals surface area contributed by atoms with Gasteiger partial charge in [0.25, 0.3) is 0 Å². The van der Waals surface area contributed by atoms with Gasteiger partial charge < -0.3 is 15.9 Å². The number of hydrogen-bond acceptors (Lipinski definition) is 3. The number of phenolic OH excluding ortho intramolecular Hbond substituents is 1. The summed E-state index contributed by atoms with van der Waals surface area (Å²) >= 11 is 0. The summed E-state index contributed by atoms with van der Waals surface area (Å²) in [7, 11) is 0. The van der Waals surface area contributed by atoms with Crippen LogP contribution >= 0.6 is 0 Å². The van der Waals surface area contributed by atoms with Gasteiger partial charge in [0.15, 0.2) is 0 Å². The number of rotatable bonds is 4. The maximum Gasteiger partial charge on any atom is 0.328 e. The van der Waals surface area contributed by atoms with Gasteiger partial charge in [-0.15, -0.1) is 0 Å². The SMILES string of the molecule is N[C@@](Cc1ccc(O)cc1)(C(=O)O)c1ccccc1. The number of nitrogens with two attached hydrogens (primary N) is 1. The quantitative estimate of drug-likeness (QED) is 0.780. The highest BCUT2D eigenvalue weighted by atomic mass is 16.4. The predicted octanol–water partition coefficient (Wildman–Crippen LogP) is 1.87. The fourth-order valence-corrected chi connectivity index (χ4v) is 1.97. The first-order valence-corrected chi connectivity index (χ1v) is 5.88. The summed E-state index contributed by atoms with van der Waals surface area (Å²) in [5.74, 6) is -0.937. The van der Waals surface area contributed by atoms with E-state index in [4.69, 9.17) is 5.73 Å². The van der Waals surface area contributed by atoms with Crippen LogP contribution in [0.5, 0.6) is 5.75 Å². The second-order valence-corrected chi connectivity index (χ2v) is 4.49. The lowest BCUT2D eigenvalue weighted by atomic mass is 9.85. The van der Waals surface area contributed by atoms with E-state index in [2.05, 4.69) is 0 Å². The van der Waals surface area contributed by atoms with Crippen molar-refractivity contribution >= 4 is 5.97 Å². The topological polar surface area (TPSA) is 83.5 Å². The minimum Gasteiger partial charge on any atom is -0.508 e. The van der Waals surface area contributed by atoms with Crippen LogP contribution in [-0.4, -0.2) is 16.2 Å².